The van der Waals surface area contributed by atoms with Crippen molar-refractivity contribution in [2.75, 3.05) is 0 Å². The summed E-state index contributed by atoms with van der Waals surface area (Å²) in [7, 11) is 0. The monoisotopic (exact) mass is 165 g/mol. The predicted octanol–water partition coefficient (Wildman–Crippen LogP) is -0.106. The Morgan fingerprint density at radius 1 is 1.56 bits per heavy atom. The van der Waals surface area contributed by atoms with Gasteiger partial charge in [0.1, 0.15) is 0 Å². The first kappa shape index (κ1) is 12.3. The third-order valence-corrected chi connectivity index (χ3v) is 0.787. The smallest absolute Gasteiger partial charge is 0.0581 e. The zero-order valence-corrected chi connectivity index (χ0v) is 7.70. The van der Waals surface area contributed by atoms with Gasteiger partial charge in [-0.3, -0.25) is 0 Å². The molecule has 0 rings (SSSR count). The van der Waals surface area contributed by atoms with Gasteiger partial charge >= 0.3 is 0 Å². The molecule has 3 heteroatoms. The maximum atomic E-state index is 10.4. The molecule has 54 valence electrons. The minimum absolute atomic E-state index is 0. The van der Waals surface area contributed by atoms with Gasteiger partial charge in [0.05, 0.1) is 5.60 Å². The van der Waals surface area contributed by atoms with Gasteiger partial charge in [0.25, 0.3) is 0 Å². The molecule has 0 aliphatic heterocycles. The van der Waals surface area contributed by atoms with E-state index in [0.29, 0.717) is 6.42 Å². The number of aliphatic hydroxyl groups is 1. The Morgan fingerprint density at radius 2 is 1.89 bits per heavy atom. The third kappa shape index (κ3) is 12.0. The molecule has 9 heavy (non-hydrogen) atoms. The molecule has 0 saturated heterocycles. The Balaban J connectivity index is 0. The van der Waals surface area contributed by atoms with Gasteiger partial charge in [0, 0.05) is 21.7 Å². The van der Waals surface area contributed by atoms with Crippen molar-refractivity contribution in [1.29, 1.82) is 0 Å². The van der Waals surface area contributed by atoms with Crippen molar-refractivity contribution in [1.82, 2.24) is 0 Å². The molecule has 0 aromatic rings. The molecular formula is C6H13O2Ti-. The Morgan fingerprint density at radius 3 is 1.89 bits per heavy atom. The van der Waals surface area contributed by atoms with E-state index in [1.807, 2.05) is 0 Å². The summed E-state index contributed by atoms with van der Waals surface area (Å²) in [6.45, 7) is 4.83. The molecule has 0 heterocycles. The van der Waals surface area contributed by atoms with E-state index in [9.17, 15) is 5.11 Å². The van der Waals surface area contributed by atoms with E-state index in [1.165, 1.54) is 0 Å². The van der Waals surface area contributed by atoms with Crippen LogP contribution < -0.4 is 5.11 Å². The molecule has 2 nitrogen and oxygen atoms in total. The fraction of sp³-hybridized carbons (Fsp3) is 1.00. The van der Waals surface area contributed by atoms with Gasteiger partial charge in [-0.05, 0) is 20.3 Å². The van der Waals surface area contributed by atoms with Gasteiger partial charge in [-0.1, -0.05) is 6.92 Å². The summed E-state index contributed by atoms with van der Waals surface area (Å²) in [6.07, 6.45) is -0.331. The summed E-state index contributed by atoms with van der Waals surface area (Å²) >= 11 is 0. The molecule has 0 aromatic heterocycles. The van der Waals surface area contributed by atoms with Crippen molar-refractivity contribution >= 4 is 0 Å². The van der Waals surface area contributed by atoms with Gasteiger partial charge in [-0.15, -0.1) is 6.10 Å². The first-order chi connectivity index (χ1) is 3.42. The molecule has 0 aliphatic carbocycles. The van der Waals surface area contributed by atoms with E-state index >= 15 is 0 Å². The first-order valence-corrected chi connectivity index (χ1v) is 2.80. The van der Waals surface area contributed by atoms with Crippen LogP contribution in [0.2, 0.25) is 0 Å². The predicted molar refractivity (Wildman–Crippen MR) is 30.4 cm³/mol. The standard InChI is InChI=1S/C6H13O2.Ti/c1-5(7)4-6(2,3)8;/h5,8H,4H2,1-3H3;/q-1;. The van der Waals surface area contributed by atoms with Crippen molar-refractivity contribution in [3.8, 4) is 0 Å². The largest absolute Gasteiger partial charge is 0.852 e. The molecule has 1 unspecified atom stereocenters. The van der Waals surface area contributed by atoms with Crippen LogP contribution in [-0.2, 0) is 21.7 Å². The van der Waals surface area contributed by atoms with Crippen molar-refractivity contribution in [3.63, 3.8) is 0 Å². The quantitative estimate of drug-likeness (QED) is 0.580. The maximum Gasteiger partial charge on any atom is 0.0581 e. The van der Waals surface area contributed by atoms with Gasteiger partial charge in [0.15, 0.2) is 0 Å². The summed E-state index contributed by atoms with van der Waals surface area (Å²) in [5.41, 5.74) is -0.791. The zero-order valence-electron chi connectivity index (χ0n) is 6.14. The van der Waals surface area contributed by atoms with Crippen molar-refractivity contribution in [3.05, 3.63) is 0 Å². The van der Waals surface area contributed by atoms with Gasteiger partial charge in [0.2, 0.25) is 0 Å². The zero-order chi connectivity index (χ0) is 6.78. The molecule has 0 aromatic carbocycles. The molecule has 1 N–H and O–H groups in total. The van der Waals surface area contributed by atoms with Gasteiger partial charge in [-0.25, -0.2) is 0 Å². The molecule has 0 bridgehead atoms. The van der Waals surface area contributed by atoms with Crippen LogP contribution >= 0.6 is 0 Å². The third-order valence-electron chi connectivity index (χ3n) is 0.787. The van der Waals surface area contributed by atoms with E-state index in [1.54, 1.807) is 20.8 Å². The van der Waals surface area contributed by atoms with E-state index in [-0.39, 0.29) is 21.7 Å². The van der Waals surface area contributed by atoms with Crippen LogP contribution in [0.25, 0.3) is 0 Å². The molecule has 0 saturated carbocycles. The fourth-order valence-corrected chi connectivity index (χ4v) is 0.703. The van der Waals surface area contributed by atoms with Crippen LogP contribution in [0.15, 0.2) is 0 Å². The molecule has 1 atom stereocenters. The first-order valence-electron chi connectivity index (χ1n) is 2.80. The van der Waals surface area contributed by atoms with Gasteiger partial charge < -0.3 is 10.2 Å². The van der Waals surface area contributed by atoms with Crippen LogP contribution in [0.1, 0.15) is 27.2 Å². The van der Waals surface area contributed by atoms with Crippen LogP contribution in [0.5, 0.6) is 0 Å². The van der Waals surface area contributed by atoms with E-state index in [0.717, 1.165) is 0 Å². The summed E-state index contributed by atoms with van der Waals surface area (Å²) in [5, 5.41) is 19.4. The molecule has 0 spiro atoms. The molecular weight excluding hydrogens is 152 g/mol. The molecule has 0 fully saturated rings. The topological polar surface area (TPSA) is 43.3 Å². The van der Waals surface area contributed by atoms with E-state index in [4.69, 9.17) is 5.11 Å². The summed E-state index contributed by atoms with van der Waals surface area (Å²) in [6, 6.07) is 0. The van der Waals surface area contributed by atoms with Gasteiger partial charge in [-0.2, -0.15) is 0 Å². The maximum absolute atomic E-state index is 10.4. The van der Waals surface area contributed by atoms with Crippen LogP contribution in [0.3, 0.4) is 0 Å². The van der Waals surface area contributed by atoms with E-state index in [2.05, 4.69) is 0 Å². The molecule has 0 aliphatic rings. The molecule has 0 amide bonds. The molecule has 0 radical (unpaired) electrons. The second-order valence-electron chi connectivity index (χ2n) is 2.83. The Labute approximate surface area is 71.2 Å². The average molecular weight is 165 g/mol. The second-order valence-corrected chi connectivity index (χ2v) is 2.83. The number of hydrogen-bond donors (Lipinski definition) is 1. The summed E-state index contributed by atoms with van der Waals surface area (Å²) in [5.74, 6) is 0. The fourth-order valence-electron chi connectivity index (χ4n) is 0.703. The Bertz CT molecular complexity index is 65.9. The summed E-state index contributed by atoms with van der Waals surface area (Å²) < 4.78 is 0. The van der Waals surface area contributed by atoms with Crippen molar-refractivity contribution in [2.24, 2.45) is 0 Å². The van der Waals surface area contributed by atoms with Crippen molar-refractivity contribution in [2.45, 2.75) is 38.9 Å². The average Bonchev–Trinajstić information content (AvgIpc) is 1.21. The Kier molecular flexibility index (Phi) is 6.09. The SMILES string of the molecule is CC([O-])CC(C)(C)O.[Ti]. The second kappa shape index (κ2) is 4.45. The van der Waals surface area contributed by atoms with Crippen molar-refractivity contribution < 1.29 is 31.9 Å². The minimum atomic E-state index is -0.791. The van der Waals surface area contributed by atoms with Crippen LogP contribution in [0.4, 0.5) is 0 Å². The number of rotatable bonds is 2. The Hall–Kier alpha value is 0.634. The number of hydrogen-bond acceptors (Lipinski definition) is 2. The normalized spacial score (nSPS) is 14.3. The van der Waals surface area contributed by atoms with Crippen LogP contribution in [-0.4, -0.2) is 16.8 Å². The van der Waals surface area contributed by atoms with Crippen LogP contribution in [0, 0.1) is 0 Å². The van der Waals surface area contributed by atoms with E-state index < -0.39 is 11.7 Å². The minimum Gasteiger partial charge on any atom is -0.852 e. The summed E-state index contributed by atoms with van der Waals surface area (Å²) in [4.78, 5) is 0.